The van der Waals surface area contributed by atoms with Crippen molar-refractivity contribution in [2.45, 2.75) is 0 Å². The normalized spacial score (nSPS) is 11.2. The molecule has 0 atom stereocenters. The lowest BCUT2D eigenvalue weighted by atomic mass is 9.75. The number of hydrogen-bond donors (Lipinski definition) is 0. The maximum absolute atomic E-state index is 2.51. The van der Waals surface area contributed by atoms with Crippen LogP contribution in [-0.2, 0) is 0 Å². The minimum Gasteiger partial charge on any atom is -0.0622 e. The molecule has 0 aromatic heterocycles. The van der Waals surface area contributed by atoms with Crippen LogP contribution in [0.5, 0.6) is 0 Å². The molecule has 0 spiro atoms. The quantitative estimate of drug-likeness (QED) is 0.120. The van der Waals surface area contributed by atoms with E-state index < -0.39 is 0 Å². The van der Waals surface area contributed by atoms with Crippen molar-refractivity contribution in [3.63, 3.8) is 0 Å². The van der Waals surface area contributed by atoms with E-state index in [1.165, 1.54) is 133 Å². The summed E-state index contributed by atoms with van der Waals surface area (Å²) in [6.45, 7) is 0. The van der Waals surface area contributed by atoms with Gasteiger partial charge in [0, 0.05) is 0 Å². The Hall–Kier alpha value is -9.62. The number of hydrogen-bond acceptors (Lipinski definition) is 0. The van der Waals surface area contributed by atoms with Crippen molar-refractivity contribution in [1.29, 1.82) is 0 Å². The van der Waals surface area contributed by atoms with Crippen LogP contribution in [0.3, 0.4) is 0 Å². The van der Waals surface area contributed by atoms with Gasteiger partial charge in [0.25, 0.3) is 0 Å². The Kier molecular flexibility index (Phi) is 11.7. The smallest absolute Gasteiger partial charge is 0.00143 e. The Bertz CT molecular complexity index is 3770. The third-order valence-electron chi connectivity index (χ3n) is 14.7. The monoisotopic (exact) mass is 938 g/mol. The molecule has 0 N–H and O–H groups in total. The first-order chi connectivity index (χ1) is 36.8. The molecule has 0 aliphatic heterocycles. The molecule has 0 saturated heterocycles. The van der Waals surface area contributed by atoms with Gasteiger partial charge in [-0.3, -0.25) is 0 Å². The van der Waals surface area contributed by atoms with Crippen molar-refractivity contribution in [2.24, 2.45) is 0 Å². The van der Waals surface area contributed by atoms with Crippen molar-refractivity contribution >= 4 is 21.5 Å². The van der Waals surface area contributed by atoms with Gasteiger partial charge in [0.2, 0.25) is 0 Å². The Morgan fingerprint density at radius 2 is 0.297 bits per heavy atom. The fourth-order valence-electron chi connectivity index (χ4n) is 11.6. The molecule has 0 aliphatic rings. The zero-order valence-corrected chi connectivity index (χ0v) is 40.9. The van der Waals surface area contributed by atoms with E-state index >= 15 is 0 Å². The summed E-state index contributed by atoms with van der Waals surface area (Å²) in [6.07, 6.45) is 0. The maximum atomic E-state index is 2.51. The second-order valence-electron chi connectivity index (χ2n) is 19.0. The molecule has 0 amide bonds. The van der Waals surface area contributed by atoms with Gasteiger partial charge in [-0.25, -0.2) is 0 Å². The molecule has 0 heteroatoms. The number of benzene rings is 13. The van der Waals surface area contributed by atoms with Gasteiger partial charge in [-0.15, -0.1) is 0 Å². The summed E-state index contributed by atoms with van der Waals surface area (Å²) in [7, 11) is 0. The Balaban J connectivity index is 1.24. The molecular weight excluding hydrogens is 889 g/mol. The SMILES string of the molecule is c1ccc(-c2cc(-c3c4ccccc4c(-c4cc(-c5ccccc5)c(-c5ccccc5)c(-c5ccccc5)c4-c4ccccc4)c4ccccc34)c(-c3ccccc3)c(-c3ccccc3)c2-c2ccccc2)cc1. The molecule has 0 radical (unpaired) electrons. The molecule has 0 nitrogen and oxygen atoms in total. The summed E-state index contributed by atoms with van der Waals surface area (Å²) >= 11 is 0. The zero-order valence-electron chi connectivity index (χ0n) is 40.9. The molecule has 0 fully saturated rings. The molecule has 13 rings (SSSR count). The maximum Gasteiger partial charge on any atom is -0.00143 e. The molecular formula is C74H50. The van der Waals surface area contributed by atoms with E-state index in [0.29, 0.717) is 0 Å². The van der Waals surface area contributed by atoms with Gasteiger partial charge < -0.3 is 0 Å². The van der Waals surface area contributed by atoms with E-state index in [1.54, 1.807) is 0 Å². The van der Waals surface area contributed by atoms with E-state index in [0.717, 1.165) is 0 Å². The summed E-state index contributed by atoms with van der Waals surface area (Å²) < 4.78 is 0. The molecule has 0 bridgehead atoms. The average molecular weight is 939 g/mol. The molecule has 0 unspecified atom stereocenters. The van der Waals surface area contributed by atoms with Gasteiger partial charge in [0.1, 0.15) is 0 Å². The average Bonchev–Trinajstić information content (AvgIpc) is 3.51. The fourth-order valence-corrected chi connectivity index (χ4v) is 11.6. The van der Waals surface area contributed by atoms with E-state index in [9.17, 15) is 0 Å². The lowest BCUT2D eigenvalue weighted by Gasteiger charge is -2.28. The topological polar surface area (TPSA) is 0 Å². The number of rotatable bonds is 10. The van der Waals surface area contributed by atoms with Crippen molar-refractivity contribution in [3.05, 3.63) is 303 Å². The Labute approximate surface area is 433 Å². The molecule has 13 aromatic rings. The van der Waals surface area contributed by atoms with E-state index in [-0.39, 0.29) is 0 Å². The highest BCUT2D eigenvalue weighted by molar-refractivity contribution is 6.26. The van der Waals surface area contributed by atoms with Gasteiger partial charge in [-0.1, -0.05) is 291 Å². The van der Waals surface area contributed by atoms with Crippen LogP contribution in [0.1, 0.15) is 0 Å². The highest BCUT2D eigenvalue weighted by atomic mass is 14.3. The van der Waals surface area contributed by atoms with Crippen molar-refractivity contribution in [2.75, 3.05) is 0 Å². The molecule has 0 aliphatic carbocycles. The zero-order chi connectivity index (χ0) is 49.2. The molecule has 0 saturated carbocycles. The summed E-state index contributed by atoms with van der Waals surface area (Å²) in [5.74, 6) is 0. The molecule has 346 valence electrons. The van der Waals surface area contributed by atoms with Gasteiger partial charge >= 0.3 is 0 Å². The van der Waals surface area contributed by atoms with Crippen LogP contribution in [-0.4, -0.2) is 0 Å². The highest BCUT2D eigenvalue weighted by Gasteiger charge is 2.29. The van der Waals surface area contributed by atoms with Crippen LogP contribution >= 0.6 is 0 Å². The van der Waals surface area contributed by atoms with Gasteiger partial charge in [-0.05, 0) is 145 Å². The first-order valence-corrected chi connectivity index (χ1v) is 25.6. The van der Waals surface area contributed by atoms with Crippen LogP contribution in [0, 0.1) is 0 Å². The second-order valence-corrected chi connectivity index (χ2v) is 19.0. The van der Waals surface area contributed by atoms with Crippen LogP contribution < -0.4 is 0 Å². The molecule has 13 aromatic carbocycles. The first kappa shape index (κ1) is 44.3. The van der Waals surface area contributed by atoms with E-state index in [1.807, 2.05) is 0 Å². The minimum atomic E-state index is 1.17. The van der Waals surface area contributed by atoms with Crippen LogP contribution in [0.4, 0.5) is 0 Å². The second kappa shape index (κ2) is 19.5. The minimum absolute atomic E-state index is 1.17. The number of fused-ring (bicyclic) bond motifs is 2. The lowest BCUT2D eigenvalue weighted by Crippen LogP contribution is -2.01. The predicted molar refractivity (Wildman–Crippen MR) is 316 cm³/mol. The highest BCUT2D eigenvalue weighted by Crippen LogP contribution is 2.56. The van der Waals surface area contributed by atoms with Crippen LogP contribution in [0.15, 0.2) is 303 Å². The van der Waals surface area contributed by atoms with Gasteiger partial charge in [0.15, 0.2) is 0 Å². The summed E-state index contributed by atoms with van der Waals surface area (Å²) in [5.41, 5.74) is 23.8. The van der Waals surface area contributed by atoms with Gasteiger partial charge in [0.05, 0.1) is 0 Å². The van der Waals surface area contributed by atoms with Crippen LogP contribution in [0.25, 0.3) is 133 Å². The largest absolute Gasteiger partial charge is 0.0622 e. The van der Waals surface area contributed by atoms with Crippen LogP contribution in [0.2, 0.25) is 0 Å². The van der Waals surface area contributed by atoms with E-state index in [2.05, 4.69) is 303 Å². The third-order valence-corrected chi connectivity index (χ3v) is 14.7. The van der Waals surface area contributed by atoms with E-state index in [4.69, 9.17) is 0 Å². The summed E-state index contributed by atoms with van der Waals surface area (Å²) in [5, 5.41) is 4.77. The molecule has 0 heterocycles. The first-order valence-electron chi connectivity index (χ1n) is 25.6. The lowest BCUT2D eigenvalue weighted by molar-refractivity contribution is 1.53. The third kappa shape index (κ3) is 7.91. The summed E-state index contributed by atoms with van der Waals surface area (Å²) in [6, 6.07) is 111. The molecule has 74 heavy (non-hydrogen) atoms. The fraction of sp³-hybridized carbons (Fsp3) is 0. The van der Waals surface area contributed by atoms with Crippen molar-refractivity contribution in [3.8, 4) is 111 Å². The van der Waals surface area contributed by atoms with Gasteiger partial charge in [-0.2, -0.15) is 0 Å². The van der Waals surface area contributed by atoms with Crippen molar-refractivity contribution < 1.29 is 0 Å². The predicted octanol–water partition coefficient (Wildman–Crippen LogP) is 20.7. The Morgan fingerprint density at radius 3 is 0.527 bits per heavy atom. The standard InChI is InChI=1S/C74H50/c1-9-29-51(30-10-1)63-49-65(69(55-37-17-5-18-38-55)71(57-41-21-7-22-42-57)67(63)53-33-13-3-14-34-53)73-59-45-25-27-47-61(59)74(62-48-28-26-46-60(62)73)66-50-64(52-31-11-2-12-32-52)68(54-35-15-4-16-36-54)72(58-43-23-8-24-44-58)70(66)56-39-19-6-20-40-56/h1-50H. The Morgan fingerprint density at radius 1 is 0.122 bits per heavy atom. The van der Waals surface area contributed by atoms with Crippen molar-refractivity contribution in [1.82, 2.24) is 0 Å². The summed E-state index contributed by atoms with van der Waals surface area (Å²) in [4.78, 5) is 0.